The molecule has 0 aliphatic carbocycles. The van der Waals surface area contributed by atoms with Crippen molar-refractivity contribution in [2.45, 2.75) is 52.2 Å². The number of fused-ring (bicyclic) bond motifs is 1. The van der Waals surface area contributed by atoms with E-state index in [1.807, 2.05) is 10.9 Å². The Morgan fingerprint density at radius 3 is 3.10 bits per heavy atom. The van der Waals surface area contributed by atoms with Crippen molar-refractivity contribution in [1.82, 2.24) is 29.9 Å². The number of nitrogens with zero attached hydrogens (tertiary/aromatic N) is 5. The second-order valence-electron chi connectivity index (χ2n) is 5.27. The Morgan fingerprint density at radius 1 is 1.35 bits per heavy atom. The molecule has 0 spiro atoms. The number of aromatic nitrogens is 5. The van der Waals surface area contributed by atoms with Gasteiger partial charge in [0.2, 0.25) is 0 Å². The fraction of sp³-hybridized carbons (Fsp3) is 0.643. The van der Waals surface area contributed by atoms with Crippen molar-refractivity contribution < 1.29 is 0 Å². The van der Waals surface area contributed by atoms with Gasteiger partial charge >= 0.3 is 0 Å². The molecule has 1 aliphatic rings. The van der Waals surface area contributed by atoms with Gasteiger partial charge in [0, 0.05) is 50.9 Å². The fourth-order valence-electron chi connectivity index (χ4n) is 2.85. The van der Waals surface area contributed by atoms with Gasteiger partial charge in [0.25, 0.3) is 0 Å². The lowest BCUT2D eigenvalue weighted by Gasteiger charge is -2.16. The van der Waals surface area contributed by atoms with Crippen LogP contribution < -0.4 is 5.32 Å². The summed E-state index contributed by atoms with van der Waals surface area (Å²) in [4.78, 5) is 4.82. The van der Waals surface area contributed by atoms with Crippen molar-refractivity contribution in [3.63, 3.8) is 0 Å². The number of rotatable bonds is 6. The fourth-order valence-corrected chi connectivity index (χ4v) is 2.85. The molecule has 1 N–H and O–H groups in total. The van der Waals surface area contributed by atoms with E-state index in [0.29, 0.717) is 0 Å². The van der Waals surface area contributed by atoms with E-state index in [4.69, 9.17) is 4.98 Å². The Bertz CT molecular complexity index is 542. The normalized spacial score (nSPS) is 14.4. The predicted molar refractivity (Wildman–Crippen MR) is 76.3 cm³/mol. The molecule has 108 valence electrons. The highest BCUT2D eigenvalue weighted by Crippen LogP contribution is 2.18. The van der Waals surface area contributed by atoms with Gasteiger partial charge in [-0.2, -0.15) is 0 Å². The molecule has 0 radical (unpaired) electrons. The van der Waals surface area contributed by atoms with Crippen LogP contribution in [0.4, 0.5) is 0 Å². The predicted octanol–water partition coefficient (Wildman–Crippen LogP) is 1.16. The smallest absolute Gasteiger partial charge is 0.109 e. The van der Waals surface area contributed by atoms with Gasteiger partial charge in [0.15, 0.2) is 0 Å². The maximum atomic E-state index is 4.82. The van der Waals surface area contributed by atoms with Crippen LogP contribution in [0.5, 0.6) is 0 Å². The van der Waals surface area contributed by atoms with Gasteiger partial charge in [0.1, 0.15) is 5.82 Å². The van der Waals surface area contributed by atoms with Crippen molar-refractivity contribution in [3.8, 4) is 0 Å². The first-order chi connectivity index (χ1) is 9.88. The standard InChI is InChI=1S/C14H22N6/c1-2-4-14-17-12-11-15-6-5-13(12)20(14)9-3-8-19-10-7-16-18-19/h7,10,15H,2-6,8-9,11H2,1H3. The maximum Gasteiger partial charge on any atom is 0.109 e. The van der Waals surface area contributed by atoms with Gasteiger partial charge in [-0.05, 0) is 12.8 Å². The van der Waals surface area contributed by atoms with Crippen molar-refractivity contribution in [3.05, 3.63) is 29.6 Å². The molecule has 0 aromatic carbocycles. The topological polar surface area (TPSA) is 60.6 Å². The summed E-state index contributed by atoms with van der Waals surface area (Å²) in [7, 11) is 0. The number of hydrogen-bond donors (Lipinski definition) is 1. The van der Waals surface area contributed by atoms with E-state index in [1.165, 1.54) is 17.2 Å². The van der Waals surface area contributed by atoms with E-state index < -0.39 is 0 Å². The number of imidazole rings is 1. The van der Waals surface area contributed by atoms with Crippen molar-refractivity contribution >= 4 is 0 Å². The molecule has 0 saturated carbocycles. The van der Waals surface area contributed by atoms with Crippen LogP contribution in [0.1, 0.15) is 37.0 Å². The SMILES string of the molecule is CCCc1nc2c(n1CCCn1ccnn1)CCNC2. The molecule has 1 aliphatic heterocycles. The van der Waals surface area contributed by atoms with Gasteiger partial charge in [-0.1, -0.05) is 12.1 Å². The van der Waals surface area contributed by atoms with Crippen LogP contribution in [0.25, 0.3) is 0 Å². The van der Waals surface area contributed by atoms with Crippen LogP contribution in [0.3, 0.4) is 0 Å². The molecule has 0 fully saturated rings. The molecule has 3 heterocycles. The highest BCUT2D eigenvalue weighted by molar-refractivity contribution is 5.20. The molecule has 0 unspecified atom stereocenters. The summed E-state index contributed by atoms with van der Waals surface area (Å²) in [5.41, 5.74) is 2.69. The number of nitrogens with one attached hydrogen (secondary N) is 1. The molecular weight excluding hydrogens is 252 g/mol. The highest BCUT2D eigenvalue weighted by atomic mass is 15.4. The first-order valence-corrected chi connectivity index (χ1v) is 7.50. The molecule has 3 rings (SSSR count). The summed E-state index contributed by atoms with van der Waals surface area (Å²) in [5.74, 6) is 1.25. The Labute approximate surface area is 119 Å². The average molecular weight is 274 g/mol. The second kappa shape index (κ2) is 6.17. The molecule has 2 aromatic rings. The minimum absolute atomic E-state index is 0.913. The molecule has 0 atom stereocenters. The average Bonchev–Trinajstić information content (AvgIpc) is 3.08. The van der Waals surface area contributed by atoms with Gasteiger partial charge in [-0.15, -0.1) is 5.10 Å². The van der Waals surface area contributed by atoms with E-state index >= 15 is 0 Å². The lowest BCUT2D eigenvalue weighted by Crippen LogP contribution is -2.25. The third-order valence-corrected chi connectivity index (χ3v) is 3.78. The quantitative estimate of drug-likeness (QED) is 0.859. The van der Waals surface area contributed by atoms with Crippen LogP contribution in [-0.4, -0.2) is 31.1 Å². The van der Waals surface area contributed by atoms with Gasteiger partial charge in [-0.3, -0.25) is 4.68 Å². The zero-order valence-electron chi connectivity index (χ0n) is 12.0. The lowest BCUT2D eigenvalue weighted by molar-refractivity contribution is 0.492. The van der Waals surface area contributed by atoms with Crippen LogP contribution in [0.15, 0.2) is 12.4 Å². The van der Waals surface area contributed by atoms with E-state index in [2.05, 4.69) is 27.1 Å². The molecule has 6 nitrogen and oxygen atoms in total. The van der Waals surface area contributed by atoms with Crippen LogP contribution in [-0.2, 0) is 32.5 Å². The summed E-state index contributed by atoms with van der Waals surface area (Å²) >= 11 is 0. The molecule has 6 heteroatoms. The summed E-state index contributed by atoms with van der Waals surface area (Å²) in [6.07, 6.45) is 8.02. The first-order valence-electron chi connectivity index (χ1n) is 7.50. The minimum Gasteiger partial charge on any atom is -0.332 e. The Hall–Kier alpha value is -1.69. The zero-order valence-corrected chi connectivity index (χ0v) is 12.0. The summed E-state index contributed by atoms with van der Waals surface area (Å²) < 4.78 is 4.33. The maximum absolute atomic E-state index is 4.82. The molecule has 2 aromatic heterocycles. The third-order valence-electron chi connectivity index (χ3n) is 3.78. The monoisotopic (exact) mass is 274 g/mol. The van der Waals surface area contributed by atoms with Gasteiger partial charge in [-0.25, -0.2) is 4.98 Å². The highest BCUT2D eigenvalue weighted by Gasteiger charge is 2.18. The van der Waals surface area contributed by atoms with Crippen LogP contribution >= 0.6 is 0 Å². The zero-order chi connectivity index (χ0) is 13.8. The number of aryl methyl sites for hydroxylation is 2. The summed E-state index contributed by atoms with van der Waals surface area (Å²) in [5, 5.41) is 11.3. The van der Waals surface area contributed by atoms with E-state index in [9.17, 15) is 0 Å². The van der Waals surface area contributed by atoms with E-state index in [1.54, 1.807) is 6.20 Å². The first kappa shape index (κ1) is 13.3. The number of hydrogen-bond acceptors (Lipinski definition) is 4. The molecular formula is C14H22N6. The Kier molecular flexibility index (Phi) is 4.11. The molecule has 20 heavy (non-hydrogen) atoms. The van der Waals surface area contributed by atoms with E-state index in [0.717, 1.165) is 51.9 Å². The Balaban J connectivity index is 1.71. The van der Waals surface area contributed by atoms with Crippen molar-refractivity contribution in [2.24, 2.45) is 0 Å². The van der Waals surface area contributed by atoms with E-state index in [-0.39, 0.29) is 0 Å². The van der Waals surface area contributed by atoms with Crippen molar-refractivity contribution in [1.29, 1.82) is 0 Å². The molecule has 0 bridgehead atoms. The van der Waals surface area contributed by atoms with Crippen LogP contribution in [0, 0.1) is 0 Å². The lowest BCUT2D eigenvalue weighted by atomic mass is 10.2. The van der Waals surface area contributed by atoms with Crippen molar-refractivity contribution in [2.75, 3.05) is 6.54 Å². The summed E-state index contributed by atoms with van der Waals surface area (Å²) in [6, 6.07) is 0. The second-order valence-corrected chi connectivity index (χ2v) is 5.27. The van der Waals surface area contributed by atoms with Crippen LogP contribution in [0.2, 0.25) is 0 Å². The summed E-state index contributed by atoms with van der Waals surface area (Å²) in [6.45, 7) is 6.13. The minimum atomic E-state index is 0.913. The third kappa shape index (κ3) is 2.75. The molecule has 0 saturated heterocycles. The Morgan fingerprint density at radius 2 is 2.30 bits per heavy atom. The van der Waals surface area contributed by atoms with Gasteiger partial charge in [0.05, 0.1) is 11.9 Å². The largest absolute Gasteiger partial charge is 0.332 e. The van der Waals surface area contributed by atoms with Gasteiger partial charge < -0.3 is 9.88 Å². The molecule has 0 amide bonds.